The van der Waals surface area contributed by atoms with Crippen LogP contribution in [0.2, 0.25) is 0 Å². The molecule has 0 aliphatic carbocycles. The molecule has 25 heavy (non-hydrogen) atoms. The summed E-state index contributed by atoms with van der Waals surface area (Å²) in [6.45, 7) is 3.77. The van der Waals surface area contributed by atoms with Crippen molar-refractivity contribution in [2.75, 3.05) is 0 Å². The van der Waals surface area contributed by atoms with Gasteiger partial charge >= 0.3 is 5.97 Å². The van der Waals surface area contributed by atoms with Crippen molar-refractivity contribution in [3.8, 4) is 5.75 Å². The molecule has 0 saturated heterocycles. The Morgan fingerprint density at radius 1 is 0.960 bits per heavy atom. The molecule has 128 valence electrons. The Kier molecular flexibility index (Phi) is 4.52. The van der Waals surface area contributed by atoms with E-state index in [-0.39, 0.29) is 23.7 Å². The topological polar surface area (TPSA) is 72.9 Å². The molecule has 3 rings (SSSR count). The maximum absolute atomic E-state index is 12.2. The van der Waals surface area contributed by atoms with E-state index >= 15 is 0 Å². The highest BCUT2D eigenvalue weighted by Crippen LogP contribution is 2.24. The van der Waals surface area contributed by atoms with Crippen molar-refractivity contribution in [2.45, 2.75) is 26.4 Å². The number of carbonyl (C=O) groups excluding carboxylic acids is 3. The van der Waals surface area contributed by atoms with E-state index < -0.39 is 17.8 Å². The van der Waals surface area contributed by atoms with Crippen molar-refractivity contribution < 1.29 is 24.0 Å². The third-order valence-electron chi connectivity index (χ3n) is 3.62. The standard InChI is InChI=1S/C19H17NO5/c1-12(2)24-16-10-6-3-7-13(16)11-17(21)25-20-18(22)14-8-4-5-9-15(14)19(20)23/h3-10,12H,11H2,1-2H3. The number of fused-ring (bicyclic) bond motifs is 1. The van der Waals surface area contributed by atoms with Gasteiger partial charge in [-0.05, 0) is 32.0 Å². The zero-order valence-electron chi connectivity index (χ0n) is 13.9. The molecule has 2 aromatic rings. The number of imide groups is 1. The van der Waals surface area contributed by atoms with Gasteiger partial charge in [-0.1, -0.05) is 35.4 Å². The molecule has 0 aromatic heterocycles. The van der Waals surface area contributed by atoms with E-state index in [2.05, 4.69) is 0 Å². The Morgan fingerprint density at radius 2 is 1.52 bits per heavy atom. The van der Waals surface area contributed by atoms with Crippen LogP contribution >= 0.6 is 0 Å². The van der Waals surface area contributed by atoms with Crippen molar-refractivity contribution in [1.29, 1.82) is 0 Å². The summed E-state index contributed by atoms with van der Waals surface area (Å²) < 4.78 is 5.65. The number of hydrogen-bond donors (Lipinski definition) is 0. The van der Waals surface area contributed by atoms with Crippen LogP contribution in [0.1, 0.15) is 40.1 Å². The Morgan fingerprint density at radius 3 is 2.12 bits per heavy atom. The fraction of sp³-hybridized carbons (Fsp3) is 0.211. The first-order valence-corrected chi connectivity index (χ1v) is 7.90. The van der Waals surface area contributed by atoms with Gasteiger partial charge in [0.05, 0.1) is 23.7 Å². The van der Waals surface area contributed by atoms with Gasteiger partial charge in [-0.2, -0.15) is 0 Å². The van der Waals surface area contributed by atoms with Gasteiger partial charge in [-0.15, -0.1) is 0 Å². The number of rotatable bonds is 5. The molecule has 6 nitrogen and oxygen atoms in total. The summed E-state index contributed by atoms with van der Waals surface area (Å²) in [6, 6.07) is 13.4. The molecule has 0 atom stereocenters. The highest BCUT2D eigenvalue weighted by molar-refractivity contribution is 6.20. The highest BCUT2D eigenvalue weighted by atomic mass is 16.7. The van der Waals surface area contributed by atoms with Crippen LogP contribution in [0.25, 0.3) is 0 Å². The monoisotopic (exact) mass is 339 g/mol. The third-order valence-corrected chi connectivity index (χ3v) is 3.62. The van der Waals surface area contributed by atoms with Gasteiger partial charge in [0, 0.05) is 5.56 Å². The van der Waals surface area contributed by atoms with Crippen LogP contribution in [0.15, 0.2) is 48.5 Å². The maximum atomic E-state index is 12.2. The number of hydrogen-bond acceptors (Lipinski definition) is 5. The van der Waals surface area contributed by atoms with Crippen LogP contribution in [0, 0.1) is 0 Å². The molecule has 0 unspecified atom stereocenters. The minimum absolute atomic E-state index is 0.0478. The van der Waals surface area contributed by atoms with Crippen molar-refractivity contribution in [2.24, 2.45) is 0 Å². The lowest BCUT2D eigenvalue weighted by Crippen LogP contribution is -2.33. The minimum atomic E-state index is -0.714. The Hall–Kier alpha value is -3.15. The third kappa shape index (κ3) is 3.38. The molecule has 0 bridgehead atoms. The summed E-state index contributed by atoms with van der Waals surface area (Å²) in [7, 11) is 0. The molecular formula is C19H17NO5. The van der Waals surface area contributed by atoms with Crippen LogP contribution in [-0.2, 0) is 16.1 Å². The molecule has 2 amide bonds. The van der Waals surface area contributed by atoms with E-state index in [4.69, 9.17) is 9.57 Å². The van der Waals surface area contributed by atoms with E-state index in [1.165, 1.54) is 12.1 Å². The van der Waals surface area contributed by atoms with Crippen molar-refractivity contribution in [1.82, 2.24) is 5.06 Å². The molecule has 2 aromatic carbocycles. The van der Waals surface area contributed by atoms with E-state index in [9.17, 15) is 14.4 Å². The molecule has 0 fully saturated rings. The van der Waals surface area contributed by atoms with Crippen LogP contribution in [0.4, 0.5) is 0 Å². The van der Waals surface area contributed by atoms with Gasteiger partial charge in [0.15, 0.2) is 0 Å². The van der Waals surface area contributed by atoms with E-state index in [1.807, 2.05) is 13.8 Å². The molecule has 6 heteroatoms. The summed E-state index contributed by atoms with van der Waals surface area (Å²) >= 11 is 0. The second-order valence-electron chi connectivity index (χ2n) is 5.86. The smallest absolute Gasteiger partial charge is 0.337 e. The van der Waals surface area contributed by atoms with Crippen LogP contribution in [0.3, 0.4) is 0 Å². The average Bonchev–Trinajstić information content (AvgIpc) is 2.82. The summed E-state index contributed by atoms with van der Waals surface area (Å²) in [4.78, 5) is 41.7. The zero-order valence-corrected chi connectivity index (χ0v) is 13.9. The van der Waals surface area contributed by atoms with Crippen molar-refractivity contribution >= 4 is 17.8 Å². The lowest BCUT2D eigenvalue weighted by molar-refractivity contribution is -0.167. The summed E-state index contributed by atoms with van der Waals surface area (Å²) in [6.07, 6.45) is -0.163. The predicted molar refractivity (Wildman–Crippen MR) is 88.9 cm³/mol. The van der Waals surface area contributed by atoms with Crippen molar-refractivity contribution in [3.63, 3.8) is 0 Å². The van der Waals surface area contributed by atoms with Gasteiger partial charge in [0.2, 0.25) is 0 Å². The SMILES string of the molecule is CC(C)Oc1ccccc1CC(=O)ON1C(=O)c2ccccc2C1=O. The molecular weight excluding hydrogens is 322 g/mol. The van der Waals surface area contributed by atoms with E-state index in [1.54, 1.807) is 36.4 Å². The minimum Gasteiger partial charge on any atom is -0.491 e. The highest BCUT2D eigenvalue weighted by Gasteiger charge is 2.38. The van der Waals surface area contributed by atoms with E-state index in [0.29, 0.717) is 16.4 Å². The normalized spacial score (nSPS) is 13.2. The summed E-state index contributed by atoms with van der Waals surface area (Å²) in [5.74, 6) is -1.42. The fourth-order valence-corrected chi connectivity index (χ4v) is 2.56. The van der Waals surface area contributed by atoms with Crippen molar-refractivity contribution in [3.05, 3.63) is 65.2 Å². The number of hydroxylamine groups is 2. The van der Waals surface area contributed by atoms with E-state index in [0.717, 1.165) is 0 Å². The average molecular weight is 339 g/mol. The lowest BCUT2D eigenvalue weighted by atomic mass is 10.1. The quantitative estimate of drug-likeness (QED) is 0.783. The second kappa shape index (κ2) is 6.76. The predicted octanol–water partition coefficient (Wildman–Crippen LogP) is 2.77. The zero-order chi connectivity index (χ0) is 18.0. The number of amides is 2. The number of nitrogens with zero attached hydrogens (tertiary/aromatic N) is 1. The van der Waals surface area contributed by atoms with Crippen LogP contribution in [-0.4, -0.2) is 29.0 Å². The summed E-state index contributed by atoms with van der Waals surface area (Å²) in [5, 5.41) is 0.513. The van der Waals surface area contributed by atoms with Gasteiger partial charge in [0.25, 0.3) is 11.8 Å². The molecule has 0 saturated carbocycles. The Balaban J connectivity index is 1.73. The molecule has 1 aliphatic rings. The second-order valence-corrected chi connectivity index (χ2v) is 5.86. The molecule has 0 N–H and O–H groups in total. The maximum Gasteiger partial charge on any atom is 0.337 e. The number of para-hydroxylation sites is 1. The Bertz CT molecular complexity index is 808. The number of ether oxygens (including phenoxy) is 1. The molecule has 1 aliphatic heterocycles. The number of benzene rings is 2. The summed E-state index contributed by atoms with van der Waals surface area (Å²) in [5.41, 5.74) is 1.07. The first kappa shape index (κ1) is 16.7. The first-order chi connectivity index (χ1) is 12.0. The van der Waals surface area contributed by atoms with Gasteiger partial charge < -0.3 is 9.57 Å². The Labute approximate surface area is 144 Å². The fourth-order valence-electron chi connectivity index (χ4n) is 2.56. The molecule has 0 spiro atoms. The van der Waals surface area contributed by atoms with Crippen LogP contribution < -0.4 is 4.74 Å². The molecule has 0 radical (unpaired) electrons. The first-order valence-electron chi connectivity index (χ1n) is 7.90. The van der Waals surface area contributed by atoms with Gasteiger partial charge in [-0.3, -0.25) is 9.59 Å². The lowest BCUT2D eigenvalue weighted by Gasteiger charge is -2.15. The van der Waals surface area contributed by atoms with Gasteiger partial charge in [0.1, 0.15) is 5.75 Å². The molecule has 1 heterocycles. The van der Waals surface area contributed by atoms with Gasteiger partial charge in [-0.25, -0.2) is 4.79 Å². The van der Waals surface area contributed by atoms with Crippen LogP contribution in [0.5, 0.6) is 5.75 Å². The number of carbonyl (C=O) groups is 3. The largest absolute Gasteiger partial charge is 0.491 e.